The van der Waals surface area contributed by atoms with E-state index in [1.807, 2.05) is 0 Å². The molecule has 2 heterocycles. The number of nitrogens with zero attached hydrogens (tertiary/aromatic N) is 2. The Morgan fingerprint density at radius 2 is 2.29 bits per heavy atom. The van der Waals surface area contributed by atoms with Crippen LogP contribution >= 0.6 is 23.1 Å². The number of nitrogens with one attached hydrogen (secondary N) is 2. The molecule has 2 N–H and O–H groups in total. The SMILES string of the molecule is O=C(CSc1nnc(NC(=O)c2ccco2)s1)NC1CC1. The Labute approximate surface area is 128 Å². The lowest BCUT2D eigenvalue weighted by atomic mass is 10.4. The van der Waals surface area contributed by atoms with E-state index in [1.54, 1.807) is 12.1 Å². The van der Waals surface area contributed by atoms with Gasteiger partial charge in [0.25, 0.3) is 5.91 Å². The molecule has 1 fully saturated rings. The van der Waals surface area contributed by atoms with Gasteiger partial charge in [0.15, 0.2) is 10.1 Å². The van der Waals surface area contributed by atoms with Crippen LogP contribution in [0.4, 0.5) is 5.13 Å². The minimum absolute atomic E-state index is 0.00105. The van der Waals surface area contributed by atoms with Crippen molar-refractivity contribution < 1.29 is 14.0 Å². The van der Waals surface area contributed by atoms with Crippen molar-refractivity contribution >= 4 is 40.0 Å². The van der Waals surface area contributed by atoms with Gasteiger partial charge in [0, 0.05) is 6.04 Å². The highest BCUT2D eigenvalue weighted by Crippen LogP contribution is 2.26. The van der Waals surface area contributed by atoms with Gasteiger partial charge in [-0.1, -0.05) is 23.1 Å². The van der Waals surface area contributed by atoms with Crippen LogP contribution in [0.5, 0.6) is 0 Å². The van der Waals surface area contributed by atoms with Crippen LogP contribution in [0.3, 0.4) is 0 Å². The van der Waals surface area contributed by atoms with Crippen LogP contribution in [-0.2, 0) is 4.79 Å². The maximum Gasteiger partial charge on any atom is 0.293 e. The molecule has 1 aliphatic carbocycles. The Morgan fingerprint density at radius 1 is 1.43 bits per heavy atom. The molecule has 0 unspecified atom stereocenters. The van der Waals surface area contributed by atoms with E-state index in [0.29, 0.717) is 21.3 Å². The number of hydrogen-bond acceptors (Lipinski definition) is 7. The van der Waals surface area contributed by atoms with E-state index in [1.165, 1.54) is 29.4 Å². The fourth-order valence-corrected chi connectivity index (χ4v) is 3.07. The minimum atomic E-state index is -0.376. The highest BCUT2D eigenvalue weighted by atomic mass is 32.2. The number of rotatable bonds is 6. The molecule has 110 valence electrons. The van der Waals surface area contributed by atoms with Gasteiger partial charge in [0.2, 0.25) is 11.0 Å². The second-order valence-corrected chi connectivity index (χ2v) is 6.63. The van der Waals surface area contributed by atoms with Crippen LogP contribution in [0.25, 0.3) is 0 Å². The molecule has 1 aliphatic rings. The maximum atomic E-state index is 11.7. The summed E-state index contributed by atoms with van der Waals surface area (Å²) in [4.78, 5) is 23.3. The predicted octanol–water partition coefficient (Wildman–Crippen LogP) is 1.75. The molecule has 0 saturated heterocycles. The average Bonchev–Trinajstić information content (AvgIpc) is 2.96. The second kappa shape index (κ2) is 6.27. The van der Waals surface area contributed by atoms with Gasteiger partial charge in [-0.3, -0.25) is 14.9 Å². The summed E-state index contributed by atoms with van der Waals surface area (Å²) in [5.74, 6) is 0.137. The Kier molecular flexibility index (Phi) is 4.20. The summed E-state index contributed by atoms with van der Waals surface area (Å²) in [5.41, 5.74) is 0. The summed E-state index contributed by atoms with van der Waals surface area (Å²) in [6, 6.07) is 3.55. The zero-order valence-corrected chi connectivity index (χ0v) is 12.5. The lowest BCUT2D eigenvalue weighted by molar-refractivity contribution is -0.118. The van der Waals surface area contributed by atoms with E-state index in [2.05, 4.69) is 20.8 Å². The molecule has 0 bridgehead atoms. The van der Waals surface area contributed by atoms with Crippen molar-refractivity contribution in [2.75, 3.05) is 11.1 Å². The van der Waals surface area contributed by atoms with Gasteiger partial charge in [-0.05, 0) is 25.0 Å². The number of furan rings is 1. The summed E-state index contributed by atoms with van der Waals surface area (Å²) in [7, 11) is 0. The van der Waals surface area contributed by atoms with Gasteiger partial charge in [-0.15, -0.1) is 10.2 Å². The topological polar surface area (TPSA) is 97.1 Å². The van der Waals surface area contributed by atoms with Crippen molar-refractivity contribution in [2.24, 2.45) is 0 Å². The van der Waals surface area contributed by atoms with Crippen LogP contribution in [-0.4, -0.2) is 33.8 Å². The van der Waals surface area contributed by atoms with Gasteiger partial charge in [-0.25, -0.2) is 0 Å². The van der Waals surface area contributed by atoms with Crippen molar-refractivity contribution in [2.45, 2.75) is 23.2 Å². The smallest absolute Gasteiger partial charge is 0.293 e. The molecular weight excluding hydrogens is 312 g/mol. The summed E-state index contributed by atoms with van der Waals surface area (Å²) in [6.07, 6.45) is 3.56. The Balaban J connectivity index is 1.48. The van der Waals surface area contributed by atoms with Gasteiger partial charge in [0.05, 0.1) is 12.0 Å². The molecule has 0 aliphatic heterocycles. The molecule has 21 heavy (non-hydrogen) atoms. The summed E-state index contributed by atoms with van der Waals surface area (Å²) < 4.78 is 5.62. The molecule has 0 atom stereocenters. The number of thioether (sulfide) groups is 1. The van der Waals surface area contributed by atoms with Crippen molar-refractivity contribution in [1.29, 1.82) is 0 Å². The van der Waals surface area contributed by atoms with E-state index >= 15 is 0 Å². The number of hydrogen-bond donors (Lipinski definition) is 2. The van der Waals surface area contributed by atoms with E-state index in [-0.39, 0.29) is 17.6 Å². The predicted molar refractivity (Wildman–Crippen MR) is 78.5 cm³/mol. The van der Waals surface area contributed by atoms with E-state index < -0.39 is 0 Å². The third-order valence-corrected chi connectivity index (χ3v) is 4.61. The third-order valence-electron chi connectivity index (χ3n) is 2.64. The maximum absolute atomic E-state index is 11.7. The van der Waals surface area contributed by atoms with Crippen LogP contribution in [0, 0.1) is 0 Å². The first-order valence-corrected chi connectivity index (χ1v) is 8.11. The summed E-state index contributed by atoms with van der Waals surface area (Å²) >= 11 is 2.52. The van der Waals surface area contributed by atoms with Crippen LogP contribution in [0.1, 0.15) is 23.4 Å². The van der Waals surface area contributed by atoms with Gasteiger partial charge >= 0.3 is 0 Å². The number of carbonyl (C=O) groups is 2. The van der Waals surface area contributed by atoms with Gasteiger partial charge in [-0.2, -0.15) is 0 Å². The number of aromatic nitrogens is 2. The van der Waals surface area contributed by atoms with Crippen molar-refractivity contribution in [1.82, 2.24) is 15.5 Å². The fraction of sp³-hybridized carbons (Fsp3) is 0.333. The quantitative estimate of drug-likeness (QED) is 0.621. The molecule has 0 aromatic carbocycles. The first-order chi connectivity index (χ1) is 10.2. The zero-order valence-electron chi connectivity index (χ0n) is 10.9. The lowest BCUT2D eigenvalue weighted by Crippen LogP contribution is -2.26. The highest BCUT2D eigenvalue weighted by Gasteiger charge is 2.23. The molecule has 3 rings (SSSR count). The van der Waals surface area contributed by atoms with Crippen molar-refractivity contribution in [3.8, 4) is 0 Å². The first-order valence-electron chi connectivity index (χ1n) is 6.31. The highest BCUT2D eigenvalue weighted by molar-refractivity contribution is 8.01. The molecule has 7 nitrogen and oxygen atoms in total. The molecular formula is C12H12N4O3S2. The Hall–Kier alpha value is -1.87. The average molecular weight is 324 g/mol. The molecule has 2 amide bonds. The normalized spacial score (nSPS) is 13.9. The summed E-state index contributed by atoms with van der Waals surface area (Å²) in [6.45, 7) is 0. The third kappa shape index (κ3) is 4.05. The lowest BCUT2D eigenvalue weighted by Gasteiger charge is -2.00. The van der Waals surface area contributed by atoms with Crippen molar-refractivity contribution in [3.63, 3.8) is 0 Å². The fourth-order valence-electron chi connectivity index (χ4n) is 1.51. The molecule has 2 aromatic rings. The second-order valence-electron chi connectivity index (χ2n) is 4.44. The zero-order chi connectivity index (χ0) is 14.7. The molecule has 2 aromatic heterocycles. The largest absolute Gasteiger partial charge is 0.459 e. The van der Waals surface area contributed by atoms with E-state index in [0.717, 1.165) is 12.8 Å². The van der Waals surface area contributed by atoms with Crippen LogP contribution < -0.4 is 10.6 Å². The number of carbonyl (C=O) groups excluding carboxylic acids is 2. The standard InChI is InChI=1S/C12H12N4O3S2/c17-9(13-7-3-4-7)6-20-12-16-15-11(21-12)14-10(18)8-2-1-5-19-8/h1-2,5,7H,3-4,6H2,(H,13,17)(H,14,15,18). The molecule has 0 radical (unpaired) electrons. The molecule has 0 spiro atoms. The Bertz CT molecular complexity index is 637. The number of anilines is 1. The van der Waals surface area contributed by atoms with Gasteiger partial charge < -0.3 is 9.73 Å². The molecule has 9 heteroatoms. The summed E-state index contributed by atoms with van der Waals surface area (Å²) in [5, 5.41) is 13.6. The Morgan fingerprint density at radius 3 is 3.00 bits per heavy atom. The van der Waals surface area contributed by atoms with E-state index in [4.69, 9.17) is 4.42 Å². The van der Waals surface area contributed by atoms with Crippen molar-refractivity contribution in [3.05, 3.63) is 24.2 Å². The number of amides is 2. The van der Waals surface area contributed by atoms with Crippen LogP contribution in [0.15, 0.2) is 27.2 Å². The van der Waals surface area contributed by atoms with Gasteiger partial charge in [0.1, 0.15) is 0 Å². The first kappa shape index (κ1) is 14.1. The van der Waals surface area contributed by atoms with E-state index in [9.17, 15) is 9.59 Å². The van der Waals surface area contributed by atoms with Crippen LogP contribution in [0.2, 0.25) is 0 Å². The monoisotopic (exact) mass is 324 g/mol. The minimum Gasteiger partial charge on any atom is -0.459 e. The molecule has 1 saturated carbocycles.